The molecule has 8 heteroatoms. The number of amides is 1. The van der Waals surface area contributed by atoms with Gasteiger partial charge < -0.3 is 14.6 Å². The van der Waals surface area contributed by atoms with E-state index in [1.54, 1.807) is 25.5 Å². The molecule has 1 N–H and O–H groups in total. The van der Waals surface area contributed by atoms with Gasteiger partial charge in [-0.05, 0) is 25.8 Å². The van der Waals surface area contributed by atoms with E-state index in [1.165, 1.54) is 17.6 Å². The van der Waals surface area contributed by atoms with Crippen LogP contribution in [0.1, 0.15) is 59.5 Å². The molecule has 1 fully saturated rings. The monoisotopic (exact) mass is 358 g/mol. The third kappa shape index (κ3) is 3.84. The van der Waals surface area contributed by atoms with Gasteiger partial charge in [0.1, 0.15) is 11.5 Å². The molecule has 0 aliphatic heterocycles. The van der Waals surface area contributed by atoms with Crippen molar-refractivity contribution in [2.24, 2.45) is 7.05 Å². The molecule has 1 aliphatic rings. The van der Waals surface area contributed by atoms with Gasteiger partial charge in [0.2, 0.25) is 0 Å². The molecular weight excluding hydrogens is 336 g/mol. The minimum atomic E-state index is -0.653. The predicted molar refractivity (Wildman–Crippen MR) is 94.1 cm³/mol. The van der Waals surface area contributed by atoms with Crippen LogP contribution < -0.4 is 5.32 Å². The number of ether oxygens (including phenoxy) is 1. The van der Waals surface area contributed by atoms with E-state index in [0.29, 0.717) is 17.4 Å². The zero-order valence-corrected chi connectivity index (χ0v) is 14.9. The number of Topliss-reactive ketones (excluding diaryl/α,β-unsaturated/α-hetero) is 1. The van der Waals surface area contributed by atoms with Gasteiger partial charge in [-0.2, -0.15) is 5.10 Å². The fourth-order valence-electron chi connectivity index (χ4n) is 3.20. The number of nitrogens with zero attached hydrogens (tertiary/aromatic N) is 3. The number of hydrogen-bond acceptors (Lipinski definition) is 5. The van der Waals surface area contributed by atoms with Crippen LogP contribution in [0.5, 0.6) is 0 Å². The summed E-state index contributed by atoms with van der Waals surface area (Å²) in [6.07, 6.45) is 7.62. The Balaban J connectivity index is 1.57. The maximum Gasteiger partial charge on any atom is 0.355 e. The molecule has 0 saturated heterocycles. The Hall–Kier alpha value is -2.90. The van der Waals surface area contributed by atoms with Crippen LogP contribution >= 0.6 is 0 Å². The summed E-state index contributed by atoms with van der Waals surface area (Å²) in [5.74, 6) is -0.619. The number of carbonyl (C=O) groups excluding carboxylic acids is 3. The fraction of sp³-hybridized carbons (Fsp3) is 0.444. The highest BCUT2D eigenvalue weighted by Gasteiger charge is 2.21. The molecule has 0 aromatic carbocycles. The van der Waals surface area contributed by atoms with E-state index in [4.69, 9.17) is 4.74 Å². The summed E-state index contributed by atoms with van der Waals surface area (Å²) in [5.41, 5.74) is 0.642. The molecule has 1 amide bonds. The predicted octanol–water partition coefficient (Wildman–Crippen LogP) is 2.33. The van der Waals surface area contributed by atoms with Gasteiger partial charge in [0, 0.05) is 24.9 Å². The average Bonchev–Trinajstić information content (AvgIpc) is 3.32. The zero-order valence-electron chi connectivity index (χ0n) is 14.9. The number of carbonyl (C=O) groups is 3. The maximum absolute atomic E-state index is 12.1. The molecule has 1 aliphatic carbocycles. The number of aromatic nitrogens is 3. The van der Waals surface area contributed by atoms with Gasteiger partial charge in [0.25, 0.3) is 5.91 Å². The Kier molecular flexibility index (Phi) is 5.20. The molecular formula is C18H22N4O4. The largest absolute Gasteiger partial charge is 0.451 e. The summed E-state index contributed by atoms with van der Waals surface area (Å²) in [7, 11) is 1.64. The minimum absolute atomic E-state index is 0.141. The summed E-state index contributed by atoms with van der Waals surface area (Å²) in [6.45, 7) is 1.01. The van der Waals surface area contributed by atoms with Gasteiger partial charge >= 0.3 is 5.97 Å². The zero-order chi connectivity index (χ0) is 18.7. The highest BCUT2D eigenvalue weighted by Crippen LogP contribution is 2.31. The molecule has 2 aromatic heterocycles. The van der Waals surface area contributed by atoms with E-state index in [0.717, 1.165) is 25.7 Å². The normalized spacial score (nSPS) is 14.4. The molecule has 2 heterocycles. The summed E-state index contributed by atoms with van der Waals surface area (Å²) >= 11 is 0. The van der Waals surface area contributed by atoms with Crippen molar-refractivity contribution < 1.29 is 19.1 Å². The maximum atomic E-state index is 12.1. The molecule has 0 atom stereocenters. The van der Waals surface area contributed by atoms with Crippen LogP contribution in [-0.2, 0) is 16.6 Å². The van der Waals surface area contributed by atoms with Gasteiger partial charge in [-0.25, -0.2) is 9.48 Å². The van der Waals surface area contributed by atoms with Gasteiger partial charge in [-0.15, -0.1) is 0 Å². The first-order valence-corrected chi connectivity index (χ1v) is 8.63. The van der Waals surface area contributed by atoms with Crippen LogP contribution in [0.2, 0.25) is 0 Å². The number of ketones is 1. The van der Waals surface area contributed by atoms with Gasteiger partial charge in [0.05, 0.1) is 12.2 Å². The minimum Gasteiger partial charge on any atom is -0.451 e. The number of nitrogens with one attached hydrogen (secondary N) is 1. The molecule has 2 aromatic rings. The van der Waals surface area contributed by atoms with E-state index < -0.39 is 18.5 Å². The standard InChI is InChI=1S/C18H22N4O4/c1-12(23)13-9-15(21(2)10-13)18(25)26-11-17(24)20-16-7-8-19-22(16)14-5-3-4-6-14/h7-10,14H,3-6,11H2,1-2H3,(H,20,24). The smallest absolute Gasteiger partial charge is 0.355 e. The lowest BCUT2D eigenvalue weighted by Gasteiger charge is -2.14. The quantitative estimate of drug-likeness (QED) is 0.632. The molecule has 1 saturated carbocycles. The fourth-order valence-corrected chi connectivity index (χ4v) is 3.20. The molecule has 0 unspecified atom stereocenters. The number of anilines is 1. The van der Waals surface area contributed by atoms with E-state index in [-0.39, 0.29) is 11.5 Å². The van der Waals surface area contributed by atoms with Crippen molar-refractivity contribution in [1.82, 2.24) is 14.3 Å². The van der Waals surface area contributed by atoms with Gasteiger partial charge in [-0.3, -0.25) is 9.59 Å². The van der Waals surface area contributed by atoms with Crippen LogP contribution in [0.25, 0.3) is 0 Å². The van der Waals surface area contributed by atoms with Crippen LogP contribution in [0, 0.1) is 0 Å². The summed E-state index contributed by atoms with van der Waals surface area (Å²) in [4.78, 5) is 35.6. The highest BCUT2D eigenvalue weighted by molar-refractivity contribution is 5.98. The third-order valence-corrected chi connectivity index (χ3v) is 4.56. The molecule has 26 heavy (non-hydrogen) atoms. The topological polar surface area (TPSA) is 95.2 Å². The summed E-state index contributed by atoms with van der Waals surface area (Å²) in [6, 6.07) is 3.49. The van der Waals surface area contributed by atoms with Crippen molar-refractivity contribution >= 4 is 23.5 Å². The van der Waals surface area contributed by atoms with Crippen LogP contribution in [-0.4, -0.2) is 38.6 Å². The van der Waals surface area contributed by atoms with Crippen molar-refractivity contribution in [1.29, 1.82) is 0 Å². The Labute approximate surface area is 151 Å². The first-order chi connectivity index (χ1) is 12.5. The average molecular weight is 358 g/mol. The number of rotatable bonds is 6. The number of aryl methyl sites for hydroxylation is 1. The van der Waals surface area contributed by atoms with Crippen LogP contribution in [0.3, 0.4) is 0 Å². The lowest BCUT2D eigenvalue weighted by molar-refractivity contribution is -0.119. The lowest BCUT2D eigenvalue weighted by Crippen LogP contribution is -2.24. The van der Waals surface area contributed by atoms with E-state index >= 15 is 0 Å². The van der Waals surface area contributed by atoms with Crippen molar-refractivity contribution in [3.63, 3.8) is 0 Å². The van der Waals surface area contributed by atoms with Crippen molar-refractivity contribution in [3.8, 4) is 0 Å². The summed E-state index contributed by atoms with van der Waals surface area (Å²) < 4.78 is 8.39. The Morgan fingerprint density at radius 2 is 2.04 bits per heavy atom. The first kappa shape index (κ1) is 17.9. The number of esters is 1. The van der Waals surface area contributed by atoms with Gasteiger partial charge in [-0.1, -0.05) is 12.8 Å². The second-order valence-corrected chi connectivity index (χ2v) is 6.50. The molecule has 3 rings (SSSR count). The van der Waals surface area contributed by atoms with Crippen molar-refractivity contribution in [3.05, 3.63) is 35.8 Å². The lowest BCUT2D eigenvalue weighted by atomic mass is 10.2. The Morgan fingerprint density at radius 3 is 2.69 bits per heavy atom. The molecule has 138 valence electrons. The second-order valence-electron chi connectivity index (χ2n) is 6.50. The highest BCUT2D eigenvalue weighted by atomic mass is 16.5. The second kappa shape index (κ2) is 7.55. The third-order valence-electron chi connectivity index (χ3n) is 4.56. The summed E-state index contributed by atoms with van der Waals surface area (Å²) in [5, 5.41) is 7.02. The SMILES string of the molecule is CC(=O)c1cc(C(=O)OCC(=O)Nc2ccnn2C2CCCC2)n(C)c1. The van der Waals surface area contributed by atoms with Crippen molar-refractivity contribution in [2.45, 2.75) is 38.6 Å². The molecule has 0 bridgehead atoms. The van der Waals surface area contributed by atoms with Crippen LogP contribution in [0.4, 0.5) is 5.82 Å². The molecule has 0 spiro atoms. The van der Waals surface area contributed by atoms with Crippen molar-refractivity contribution in [2.75, 3.05) is 11.9 Å². The van der Waals surface area contributed by atoms with Crippen LogP contribution in [0.15, 0.2) is 24.5 Å². The Morgan fingerprint density at radius 1 is 1.31 bits per heavy atom. The van der Waals surface area contributed by atoms with E-state index in [2.05, 4.69) is 10.4 Å². The van der Waals surface area contributed by atoms with E-state index in [9.17, 15) is 14.4 Å². The molecule has 8 nitrogen and oxygen atoms in total. The molecule has 0 radical (unpaired) electrons. The number of hydrogen-bond donors (Lipinski definition) is 1. The van der Waals surface area contributed by atoms with E-state index in [1.807, 2.05) is 4.68 Å². The van der Waals surface area contributed by atoms with Gasteiger partial charge in [0.15, 0.2) is 12.4 Å². The Bertz CT molecular complexity index is 830. The first-order valence-electron chi connectivity index (χ1n) is 8.63.